The quantitative estimate of drug-likeness (QED) is 0.424. The molecular formula is C20H22ClNO6. The number of fused-ring (bicyclic) bond motifs is 1. The van der Waals surface area contributed by atoms with Gasteiger partial charge in [0.15, 0.2) is 5.75 Å². The molecule has 0 saturated carbocycles. The van der Waals surface area contributed by atoms with Crippen LogP contribution in [0, 0.1) is 6.92 Å². The van der Waals surface area contributed by atoms with Crippen LogP contribution in [0.2, 0.25) is 5.02 Å². The van der Waals surface area contributed by atoms with Crippen LogP contribution in [-0.4, -0.2) is 35.2 Å². The molecule has 1 amide bonds. The predicted octanol–water partition coefficient (Wildman–Crippen LogP) is 4.06. The molecule has 8 heteroatoms. The number of aryl methyl sites for hydroxylation is 1. The second kappa shape index (κ2) is 7.47. The summed E-state index contributed by atoms with van der Waals surface area (Å²) >= 11 is 6.25. The Balaban J connectivity index is 1.83. The second-order valence-electron chi connectivity index (χ2n) is 7.78. The summed E-state index contributed by atoms with van der Waals surface area (Å²) in [7, 11) is 0. The highest BCUT2D eigenvalue weighted by Gasteiger charge is 2.38. The molecule has 28 heavy (non-hydrogen) atoms. The maximum atomic E-state index is 12.7. The third-order valence-corrected chi connectivity index (χ3v) is 4.66. The zero-order valence-electron chi connectivity index (χ0n) is 16.2. The van der Waals surface area contributed by atoms with E-state index in [-0.39, 0.29) is 16.4 Å². The fourth-order valence-electron chi connectivity index (χ4n) is 3.13. The Bertz CT molecular complexity index is 991. The Kier molecular flexibility index (Phi) is 5.39. The van der Waals surface area contributed by atoms with Gasteiger partial charge in [-0.15, -0.1) is 0 Å². The number of likely N-dealkylation sites (tertiary alicyclic amines) is 1. The molecule has 1 aliphatic rings. The zero-order chi connectivity index (χ0) is 20.6. The molecule has 0 radical (unpaired) electrons. The number of halogens is 1. The molecule has 1 fully saturated rings. The van der Waals surface area contributed by atoms with Gasteiger partial charge in [-0.25, -0.2) is 14.4 Å². The Morgan fingerprint density at radius 3 is 2.64 bits per heavy atom. The maximum absolute atomic E-state index is 12.7. The van der Waals surface area contributed by atoms with Crippen molar-refractivity contribution in [2.75, 3.05) is 6.54 Å². The number of nitrogens with zero attached hydrogens (tertiary/aromatic N) is 1. The fourth-order valence-corrected chi connectivity index (χ4v) is 3.33. The van der Waals surface area contributed by atoms with Gasteiger partial charge in [-0.2, -0.15) is 0 Å². The van der Waals surface area contributed by atoms with Gasteiger partial charge < -0.3 is 13.9 Å². The lowest BCUT2D eigenvalue weighted by Crippen LogP contribution is -2.44. The summed E-state index contributed by atoms with van der Waals surface area (Å²) in [5.41, 5.74) is -0.187. The van der Waals surface area contributed by atoms with Gasteiger partial charge in [-0.05, 0) is 52.2 Å². The highest BCUT2D eigenvalue weighted by molar-refractivity contribution is 6.33. The van der Waals surface area contributed by atoms with Crippen molar-refractivity contribution < 1.29 is 23.5 Å². The lowest BCUT2D eigenvalue weighted by Gasteiger charge is -2.27. The minimum absolute atomic E-state index is 0.0731. The smallest absolute Gasteiger partial charge is 0.411 e. The Morgan fingerprint density at radius 1 is 1.25 bits per heavy atom. The monoisotopic (exact) mass is 407 g/mol. The minimum Gasteiger partial charge on any atom is -0.444 e. The van der Waals surface area contributed by atoms with Crippen LogP contribution < -0.4 is 10.4 Å². The third kappa shape index (κ3) is 4.30. The molecule has 2 heterocycles. The summed E-state index contributed by atoms with van der Waals surface area (Å²) in [6.07, 6.45) is 0.578. The van der Waals surface area contributed by atoms with Gasteiger partial charge in [-0.1, -0.05) is 11.6 Å². The third-order valence-electron chi connectivity index (χ3n) is 4.37. The largest absolute Gasteiger partial charge is 0.444 e. The van der Waals surface area contributed by atoms with Crippen LogP contribution >= 0.6 is 11.6 Å². The first-order valence-electron chi connectivity index (χ1n) is 9.00. The fraction of sp³-hybridized carbons (Fsp3) is 0.450. The first-order valence-corrected chi connectivity index (χ1v) is 9.38. The topological polar surface area (TPSA) is 86.0 Å². The summed E-state index contributed by atoms with van der Waals surface area (Å²) in [5, 5.41) is 0.861. The molecule has 0 unspecified atom stereocenters. The predicted molar refractivity (Wildman–Crippen MR) is 104 cm³/mol. The molecule has 0 bridgehead atoms. The molecular weight excluding hydrogens is 386 g/mol. The van der Waals surface area contributed by atoms with E-state index in [4.69, 9.17) is 25.5 Å². The number of esters is 1. The molecule has 0 aliphatic carbocycles. The van der Waals surface area contributed by atoms with E-state index in [0.29, 0.717) is 30.3 Å². The molecule has 150 valence electrons. The number of rotatable bonds is 2. The summed E-state index contributed by atoms with van der Waals surface area (Å²) < 4.78 is 16.0. The molecule has 7 nitrogen and oxygen atoms in total. The number of benzene rings is 1. The number of ether oxygens (including phenoxy) is 2. The number of hydrogen-bond acceptors (Lipinski definition) is 6. The molecule has 1 saturated heterocycles. The second-order valence-corrected chi connectivity index (χ2v) is 8.19. The number of carbonyl (C=O) groups is 2. The highest BCUT2D eigenvalue weighted by Crippen LogP contribution is 2.32. The van der Waals surface area contributed by atoms with Crippen LogP contribution in [0.3, 0.4) is 0 Å². The van der Waals surface area contributed by atoms with Crippen molar-refractivity contribution in [3.05, 3.63) is 39.2 Å². The van der Waals surface area contributed by atoms with Crippen molar-refractivity contribution in [2.45, 2.75) is 52.2 Å². The SMILES string of the molecule is Cc1cc(=O)oc2cc(OC(=O)[C@H]3CCCN3C(=O)OC(C)(C)C)c(Cl)cc12. The zero-order valence-corrected chi connectivity index (χ0v) is 17.0. The van der Waals surface area contributed by atoms with E-state index in [9.17, 15) is 14.4 Å². The molecule has 0 N–H and O–H groups in total. The van der Waals surface area contributed by atoms with E-state index >= 15 is 0 Å². The van der Waals surface area contributed by atoms with Gasteiger partial charge in [0.2, 0.25) is 0 Å². The maximum Gasteiger partial charge on any atom is 0.411 e. The van der Waals surface area contributed by atoms with Crippen LogP contribution in [0.5, 0.6) is 5.75 Å². The van der Waals surface area contributed by atoms with Crippen LogP contribution in [-0.2, 0) is 9.53 Å². The van der Waals surface area contributed by atoms with E-state index in [1.807, 2.05) is 0 Å². The summed E-state index contributed by atoms with van der Waals surface area (Å²) in [4.78, 5) is 38.0. The van der Waals surface area contributed by atoms with E-state index in [1.165, 1.54) is 17.0 Å². The van der Waals surface area contributed by atoms with Crippen molar-refractivity contribution in [1.29, 1.82) is 0 Å². The van der Waals surface area contributed by atoms with Gasteiger partial charge in [-0.3, -0.25) is 4.90 Å². The van der Waals surface area contributed by atoms with Crippen molar-refractivity contribution in [1.82, 2.24) is 4.90 Å². The Labute approximate surface area is 167 Å². The lowest BCUT2D eigenvalue weighted by molar-refractivity contribution is -0.139. The van der Waals surface area contributed by atoms with Crippen molar-refractivity contribution in [3.8, 4) is 5.75 Å². The summed E-state index contributed by atoms with van der Waals surface area (Å²) in [5.74, 6) is -0.538. The lowest BCUT2D eigenvalue weighted by atomic mass is 10.1. The molecule has 3 rings (SSSR count). The molecule has 2 aromatic rings. The van der Waals surface area contributed by atoms with E-state index in [1.54, 1.807) is 33.8 Å². The normalized spacial score (nSPS) is 17.0. The van der Waals surface area contributed by atoms with Gasteiger partial charge in [0.25, 0.3) is 0 Å². The van der Waals surface area contributed by atoms with Crippen molar-refractivity contribution >= 4 is 34.6 Å². The summed E-state index contributed by atoms with van der Waals surface area (Å²) in [6.45, 7) is 7.46. The van der Waals surface area contributed by atoms with Crippen LogP contribution in [0.4, 0.5) is 4.79 Å². The number of amides is 1. The van der Waals surface area contributed by atoms with Crippen molar-refractivity contribution in [3.63, 3.8) is 0 Å². The average molecular weight is 408 g/mol. The van der Waals surface area contributed by atoms with Crippen LogP contribution in [0.1, 0.15) is 39.2 Å². The molecule has 1 aromatic carbocycles. The van der Waals surface area contributed by atoms with E-state index < -0.39 is 29.3 Å². The van der Waals surface area contributed by atoms with Crippen LogP contribution in [0.25, 0.3) is 11.0 Å². The standard InChI is InChI=1S/C20H22ClNO6/c1-11-8-17(23)26-15-10-16(13(21)9-12(11)15)27-18(24)14-6-5-7-22(14)19(25)28-20(2,3)4/h8-10,14H,5-7H2,1-4H3/t14-/m1/s1. The molecule has 1 aromatic heterocycles. The summed E-state index contributed by atoms with van der Waals surface area (Å²) in [6, 6.07) is 3.60. The van der Waals surface area contributed by atoms with Crippen LogP contribution in [0.15, 0.2) is 27.4 Å². The molecule has 1 atom stereocenters. The van der Waals surface area contributed by atoms with Gasteiger partial charge in [0.1, 0.15) is 17.2 Å². The van der Waals surface area contributed by atoms with Gasteiger partial charge >= 0.3 is 17.7 Å². The number of carbonyl (C=O) groups excluding carboxylic acids is 2. The molecule has 0 spiro atoms. The average Bonchev–Trinajstić information content (AvgIpc) is 3.04. The Hall–Kier alpha value is -2.54. The first kappa shape index (κ1) is 20.2. The van der Waals surface area contributed by atoms with Gasteiger partial charge in [0, 0.05) is 24.1 Å². The Morgan fingerprint density at radius 2 is 1.96 bits per heavy atom. The van der Waals surface area contributed by atoms with Gasteiger partial charge in [0.05, 0.1) is 5.02 Å². The highest BCUT2D eigenvalue weighted by atomic mass is 35.5. The van der Waals surface area contributed by atoms with Crippen molar-refractivity contribution in [2.24, 2.45) is 0 Å². The minimum atomic E-state index is -0.758. The first-order chi connectivity index (χ1) is 13.0. The van der Waals surface area contributed by atoms with E-state index in [0.717, 1.165) is 0 Å². The molecule has 1 aliphatic heterocycles. The van der Waals surface area contributed by atoms with E-state index in [2.05, 4.69) is 0 Å². The number of hydrogen-bond donors (Lipinski definition) is 0.